The van der Waals surface area contributed by atoms with Gasteiger partial charge in [-0.15, -0.1) is 0 Å². The number of pyridine rings is 1. The molecule has 0 aliphatic rings. The quantitative estimate of drug-likeness (QED) is 0.822. The molecule has 2 atom stereocenters. The Morgan fingerprint density at radius 3 is 2.50 bits per heavy atom. The Kier molecular flexibility index (Phi) is 6.63. The van der Waals surface area contributed by atoms with Crippen molar-refractivity contribution in [3.05, 3.63) is 29.6 Å². The average molecular weight is 278 g/mol. The maximum absolute atomic E-state index is 6.08. The second kappa shape index (κ2) is 7.75. The molecule has 0 amide bonds. The zero-order chi connectivity index (χ0) is 15.2. The molecule has 0 spiro atoms. The fourth-order valence-corrected chi connectivity index (χ4v) is 2.51. The van der Waals surface area contributed by atoms with Gasteiger partial charge < -0.3 is 10.1 Å². The van der Waals surface area contributed by atoms with Crippen LogP contribution in [0.15, 0.2) is 18.5 Å². The number of hydrogen-bond donors (Lipinski definition) is 1. The molecule has 0 aliphatic heterocycles. The van der Waals surface area contributed by atoms with Gasteiger partial charge in [-0.1, -0.05) is 27.7 Å². The minimum absolute atomic E-state index is 0.0731. The molecule has 1 aromatic heterocycles. The maximum atomic E-state index is 6.08. The molecule has 0 radical (unpaired) electrons. The Morgan fingerprint density at radius 2 is 2.00 bits per heavy atom. The van der Waals surface area contributed by atoms with E-state index in [9.17, 15) is 0 Å². The van der Waals surface area contributed by atoms with E-state index in [0.29, 0.717) is 0 Å². The fourth-order valence-electron chi connectivity index (χ4n) is 2.51. The van der Waals surface area contributed by atoms with Crippen molar-refractivity contribution >= 4 is 0 Å². The van der Waals surface area contributed by atoms with E-state index in [2.05, 4.69) is 57.9 Å². The predicted molar refractivity (Wildman–Crippen MR) is 84.9 cm³/mol. The molecule has 0 aliphatic carbocycles. The van der Waals surface area contributed by atoms with Crippen LogP contribution in [-0.2, 0) is 4.74 Å². The third-order valence-electron chi connectivity index (χ3n) is 3.53. The molecule has 0 aromatic carbocycles. The molecule has 114 valence electrons. The van der Waals surface area contributed by atoms with E-state index in [1.54, 1.807) is 0 Å². The summed E-state index contributed by atoms with van der Waals surface area (Å²) < 4.78 is 6.08. The van der Waals surface area contributed by atoms with Gasteiger partial charge in [-0.25, -0.2) is 0 Å². The van der Waals surface area contributed by atoms with E-state index in [1.165, 1.54) is 11.1 Å². The van der Waals surface area contributed by atoms with Gasteiger partial charge in [-0.3, -0.25) is 4.98 Å². The van der Waals surface area contributed by atoms with E-state index < -0.39 is 0 Å². The average Bonchev–Trinajstić information content (AvgIpc) is 2.38. The van der Waals surface area contributed by atoms with Gasteiger partial charge in [0.2, 0.25) is 0 Å². The first-order valence-corrected chi connectivity index (χ1v) is 7.67. The van der Waals surface area contributed by atoms with Crippen molar-refractivity contribution in [1.82, 2.24) is 10.3 Å². The van der Waals surface area contributed by atoms with Gasteiger partial charge in [0, 0.05) is 19.0 Å². The molecule has 2 unspecified atom stereocenters. The Balaban J connectivity index is 3.12. The van der Waals surface area contributed by atoms with Crippen LogP contribution in [-0.4, -0.2) is 24.2 Å². The van der Waals surface area contributed by atoms with Gasteiger partial charge in [0.25, 0.3) is 0 Å². The van der Waals surface area contributed by atoms with Crippen LogP contribution in [0.5, 0.6) is 0 Å². The standard InChI is InChI=1S/C17H30N2O/c1-7-10-19-15(14-12-18-11-9-13(14)3)16(20-8-2)17(4,5)6/h9,11-12,15-16,19H,7-8,10H2,1-6H3. The molecule has 3 heteroatoms. The minimum atomic E-state index is 0.0731. The van der Waals surface area contributed by atoms with E-state index in [4.69, 9.17) is 4.74 Å². The van der Waals surface area contributed by atoms with Crippen molar-refractivity contribution in [2.75, 3.05) is 13.2 Å². The highest BCUT2D eigenvalue weighted by molar-refractivity contribution is 5.26. The number of hydrogen-bond acceptors (Lipinski definition) is 3. The highest BCUT2D eigenvalue weighted by Crippen LogP contribution is 2.33. The van der Waals surface area contributed by atoms with E-state index in [1.807, 2.05) is 12.4 Å². The zero-order valence-electron chi connectivity index (χ0n) is 13.9. The smallest absolute Gasteiger partial charge is 0.0818 e. The number of aryl methyl sites for hydroxylation is 1. The third-order valence-corrected chi connectivity index (χ3v) is 3.53. The van der Waals surface area contributed by atoms with Crippen LogP contribution >= 0.6 is 0 Å². The van der Waals surface area contributed by atoms with Gasteiger partial charge in [-0.05, 0) is 49.4 Å². The summed E-state index contributed by atoms with van der Waals surface area (Å²) in [5.41, 5.74) is 2.58. The summed E-state index contributed by atoms with van der Waals surface area (Å²) in [4.78, 5) is 4.30. The summed E-state index contributed by atoms with van der Waals surface area (Å²) in [6, 6.07) is 2.25. The first-order chi connectivity index (χ1) is 9.41. The van der Waals surface area contributed by atoms with Crippen LogP contribution in [0, 0.1) is 12.3 Å². The van der Waals surface area contributed by atoms with E-state index in [0.717, 1.165) is 19.6 Å². The first-order valence-electron chi connectivity index (χ1n) is 7.67. The molecule has 0 saturated carbocycles. The molecular formula is C17H30N2O. The van der Waals surface area contributed by atoms with Crippen molar-refractivity contribution in [2.24, 2.45) is 5.41 Å². The van der Waals surface area contributed by atoms with Gasteiger partial charge in [-0.2, -0.15) is 0 Å². The molecule has 3 nitrogen and oxygen atoms in total. The maximum Gasteiger partial charge on any atom is 0.0818 e. The molecular weight excluding hydrogens is 248 g/mol. The zero-order valence-corrected chi connectivity index (χ0v) is 13.9. The van der Waals surface area contributed by atoms with Gasteiger partial charge >= 0.3 is 0 Å². The highest BCUT2D eigenvalue weighted by atomic mass is 16.5. The number of rotatable bonds is 7. The Bertz CT molecular complexity index is 398. The predicted octanol–water partition coefficient (Wildman–Crippen LogP) is 3.88. The lowest BCUT2D eigenvalue weighted by Gasteiger charge is -2.38. The van der Waals surface area contributed by atoms with Crippen LogP contribution in [0.1, 0.15) is 58.2 Å². The lowest BCUT2D eigenvalue weighted by molar-refractivity contribution is -0.0367. The second-order valence-electron chi connectivity index (χ2n) is 6.41. The summed E-state index contributed by atoms with van der Waals surface area (Å²) in [6.45, 7) is 14.8. The van der Waals surface area contributed by atoms with E-state index >= 15 is 0 Å². The normalized spacial score (nSPS) is 15.1. The van der Waals surface area contributed by atoms with Crippen LogP contribution in [0.25, 0.3) is 0 Å². The molecule has 0 bridgehead atoms. The fraction of sp³-hybridized carbons (Fsp3) is 0.706. The van der Waals surface area contributed by atoms with Crippen molar-refractivity contribution < 1.29 is 4.74 Å². The topological polar surface area (TPSA) is 34.2 Å². The minimum Gasteiger partial charge on any atom is -0.376 e. The Morgan fingerprint density at radius 1 is 1.30 bits per heavy atom. The molecule has 1 aromatic rings. The Labute approximate surface area is 124 Å². The summed E-state index contributed by atoms with van der Waals surface area (Å²) >= 11 is 0. The largest absolute Gasteiger partial charge is 0.376 e. The summed E-state index contributed by atoms with van der Waals surface area (Å²) in [7, 11) is 0. The molecule has 1 N–H and O–H groups in total. The SMILES string of the molecule is CCCNC(c1cnccc1C)C(OCC)C(C)(C)C. The molecule has 20 heavy (non-hydrogen) atoms. The number of aromatic nitrogens is 1. The van der Waals surface area contributed by atoms with Crippen molar-refractivity contribution in [2.45, 2.75) is 60.1 Å². The molecule has 0 saturated heterocycles. The number of nitrogens with zero attached hydrogens (tertiary/aromatic N) is 1. The summed E-state index contributed by atoms with van der Waals surface area (Å²) in [5.74, 6) is 0. The summed E-state index contributed by atoms with van der Waals surface area (Å²) in [6.07, 6.45) is 5.06. The monoisotopic (exact) mass is 278 g/mol. The summed E-state index contributed by atoms with van der Waals surface area (Å²) in [5, 5.41) is 3.65. The molecule has 1 heterocycles. The Hall–Kier alpha value is -0.930. The molecule has 0 fully saturated rings. The van der Waals surface area contributed by atoms with Crippen LogP contribution in [0.3, 0.4) is 0 Å². The van der Waals surface area contributed by atoms with Crippen LogP contribution < -0.4 is 5.32 Å². The molecule has 1 rings (SSSR count). The number of ether oxygens (including phenoxy) is 1. The van der Waals surface area contributed by atoms with Gasteiger partial charge in [0.05, 0.1) is 12.1 Å². The van der Waals surface area contributed by atoms with Gasteiger partial charge in [0.1, 0.15) is 0 Å². The second-order valence-corrected chi connectivity index (χ2v) is 6.41. The first kappa shape index (κ1) is 17.1. The van der Waals surface area contributed by atoms with Crippen molar-refractivity contribution in [3.8, 4) is 0 Å². The van der Waals surface area contributed by atoms with Gasteiger partial charge in [0.15, 0.2) is 0 Å². The number of nitrogens with one attached hydrogen (secondary N) is 1. The lowest BCUT2D eigenvalue weighted by Crippen LogP contribution is -2.42. The van der Waals surface area contributed by atoms with Crippen molar-refractivity contribution in [3.63, 3.8) is 0 Å². The lowest BCUT2D eigenvalue weighted by atomic mass is 9.81. The highest BCUT2D eigenvalue weighted by Gasteiger charge is 2.34. The van der Waals surface area contributed by atoms with Crippen LogP contribution in [0.2, 0.25) is 0 Å². The third kappa shape index (κ3) is 4.57. The van der Waals surface area contributed by atoms with E-state index in [-0.39, 0.29) is 17.6 Å². The van der Waals surface area contributed by atoms with Crippen LogP contribution in [0.4, 0.5) is 0 Å². The van der Waals surface area contributed by atoms with Crippen molar-refractivity contribution in [1.29, 1.82) is 0 Å².